The van der Waals surface area contributed by atoms with E-state index in [-0.39, 0.29) is 18.1 Å². The molecule has 3 aliphatic heterocycles. The monoisotopic (exact) mass is 561 g/mol. The Labute approximate surface area is 213 Å². The molecule has 3 fully saturated rings. The molecule has 1 amide bonds. The molecule has 0 saturated carbocycles. The SMILES string of the molecule is O=C(NCCN1CCCC1)[C@H]1C[C@H]2[C@H](CCN2Cc2ccco2)O1.O=C(O)C(F)(F)F.O=C(O)C(F)(F)F. The van der Waals surface area contributed by atoms with Crippen LogP contribution < -0.4 is 5.32 Å². The molecule has 216 valence electrons. The third-order valence-electron chi connectivity index (χ3n) is 6.04. The summed E-state index contributed by atoms with van der Waals surface area (Å²) >= 11 is 0. The highest BCUT2D eigenvalue weighted by atomic mass is 19.4. The number of carbonyl (C=O) groups is 3. The van der Waals surface area contributed by atoms with Crippen LogP contribution in [0.4, 0.5) is 26.3 Å². The van der Waals surface area contributed by atoms with E-state index in [0.29, 0.717) is 6.04 Å². The Morgan fingerprint density at radius 1 is 1.00 bits per heavy atom. The second kappa shape index (κ2) is 13.8. The lowest BCUT2D eigenvalue weighted by atomic mass is 10.1. The van der Waals surface area contributed by atoms with Crippen molar-refractivity contribution in [1.29, 1.82) is 0 Å². The average Bonchev–Trinajstić information content (AvgIpc) is 3.61. The summed E-state index contributed by atoms with van der Waals surface area (Å²) in [6.07, 6.45) is -4.19. The van der Waals surface area contributed by atoms with E-state index in [1.54, 1.807) is 6.26 Å². The zero-order chi connectivity index (χ0) is 28.5. The maximum absolute atomic E-state index is 12.4. The summed E-state index contributed by atoms with van der Waals surface area (Å²) in [6, 6.07) is 4.26. The van der Waals surface area contributed by atoms with E-state index in [0.717, 1.165) is 44.8 Å². The maximum atomic E-state index is 12.4. The summed E-state index contributed by atoms with van der Waals surface area (Å²) < 4.78 is 74.9. The number of alkyl halides is 6. The van der Waals surface area contributed by atoms with E-state index in [1.165, 1.54) is 25.9 Å². The van der Waals surface area contributed by atoms with E-state index in [1.807, 2.05) is 12.1 Å². The van der Waals surface area contributed by atoms with Crippen molar-refractivity contribution in [2.75, 3.05) is 32.7 Å². The first kappa shape index (κ1) is 31.4. The van der Waals surface area contributed by atoms with Gasteiger partial charge in [0.2, 0.25) is 5.91 Å². The number of halogens is 6. The van der Waals surface area contributed by atoms with E-state index in [9.17, 15) is 31.1 Å². The van der Waals surface area contributed by atoms with Gasteiger partial charge >= 0.3 is 24.3 Å². The van der Waals surface area contributed by atoms with Gasteiger partial charge in [-0.15, -0.1) is 0 Å². The molecular weight excluding hydrogens is 532 g/mol. The second-order valence-electron chi connectivity index (χ2n) is 8.75. The first-order valence-corrected chi connectivity index (χ1v) is 11.7. The van der Waals surface area contributed by atoms with Crippen molar-refractivity contribution in [2.45, 2.75) is 62.8 Å². The molecule has 10 nitrogen and oxygen atoms in total. The molecule has 4 rings (SSSR count). The maximum Gasteiger partial charge on any atom is 0.490 e. The first-order valence-electron chi connectivity index (χ1n) is 11.7. The number of hydrogen-bond donors (Lipinski definition) is 3. The number of likely N-dealkylation sites (tertiary alicyclic amines) is 2. The zero-order valence-corrected chi connectivity index (χ0v) is 20.1. The quantitative estimate of drug-likeness (QED) is 0.448. The van der Waals surface area contributed by atoms with Crippen LogP contribution in [-0.4, -0.2) is 101 Å². The molecule has 4 heterocycles. The molecule has 3 N–H and O–H groups in total. The van der Waals surface area contributed by atoms with Crippen LogP contribution in [0.15, 0.2) is 22.8 Å². The van der Waals surface area contributed by atoms with Crippen molar-refractivity contribution in [3.63, 3.8) is 0 Å². The number of aliphatic carboxylic acids is 2. The van der Waals surface area contributed by atoms with Gasteiger partial charge in [0.25, 0.3) is 0 Å². The first-order chi connectivity index (χ1) is 17.7. The molecule has 0 unspecified atom stereocenters. The smallest absolute Gasteiger partial charge is 0.475 e. The summed E-state index contributed by atoms with van der Waals surface area (Å²) in [5.74, 6) is -4.48. The number of carboxylic acid groups (broad SMARTS) is 2. The zero-order valence-electron chi connectivity index (χ0n) is 20.1. The summed E-state index contributed by atoms with van der Waals surface area (Å²) in [5, 5.41) is 17.3. The van der Waals surface area contributed by atoms with E-state index in [2.05, 4.69) is 15.1 Å². The molecule has 3 atom stereocenters. The van der Waals surface area contributed by atoms with Crippen molar-refractivity contribution < 1.29 is 60.1 Å². The summed E-state index contributed by atoms with van der Waals surface area (Å²) in [4.78, 5) is 35.0. The Morgan fingerprint density at radius 2 is 1.58 bits per heavy atom. The van der Waals surface area contributed by atoms with Crippen LogP contribution in [0.25, 0.3) is 0 Å². The molecule has 0 aliphatic carbocycles. The lowest BCUT2D eigenvalue weighted by Crippen LogP contribution is -2.40. The van der Waals surface area contributed by atoms with Crippen LogP contribution in [0.2, 0.25) is 0 Å². The standard InChI is InChI=1S/C18H27N3O3.2C2HF3O2/c22-18(19-6-10-20-7-1-2-8-20)17-12-15-16(24-17)5-9-21(15)13-14-4-3-11-23-14;2*3-2(4,5)1(6)7/h3-4,11,15-17H,1-2,5-10,12-13H2,(H,19,22);2*(H,6,7)/t15-,16-,17+;;/m0../s1. The number of furan rings is 1. The van der Waals surface area contributed by atoms with E-state index < -0.39 is 24.3 Å². The topological polar surface area (TPSA) is 133 Å². The Balaban J connectivity index is 0.000000301. The number of nitrogens with zero attached hydrogens (tertiary/aromatic N) is 2. The third-order valence-corrected chi connectivity index (χ3v) is 6.04. The molecule has 1 aromatic heterocycles. The van der Waals surface area contributed by atoms with Crippen molar-refractivity contribution in [2.24, 2.45) is 0 Å². The molecule has 38 heavy (non-hydrogen) atoms. The number of ether oxygens (including phenoxy) is 1. The Kier molecular flexibility index (Phi) is 11.4. The van der Waals surface area contributed by atoms with Gasteiger partial charge in [0, 0.05) is 32.1 Å². The van der Waals surface area contributed by atoms with E-state index in [4.69, 9.17) is 29.0 Å². The number of rotatable bonds is 6. The third kappa shape index (κ3) is 10.1. The van der Waals surface area contributed by atoms with Crippen molar-refractivity contribution in [3.8, 4) is 0 Å². The number of fused-ring (bicyclic) bond motifs is 1. The fraction of sp³-hybridized carbons (Fsp3) is 0.682. The van der Waals surface area contributed by atoms with Crippen LogP contribution in [0, 0.1) is 0 Å². The Morgan fingerprint density at radius 3 is 2.08 bits per heavy atom. The Hall–Kier alpha value is -2.85. The number of hydrogen-bond acceptors (Lipinski definition) is 7. The molecule has 3 aliphatic rings. The average molecular weight is 561 g/mol. The molecular formula is C22H29F6N3O7. The highest BCUT2D eigenvalue weighted by Gasteiger charge is 2.45. The minimum absolute atomic E-state index is 0.0570. The summed E-state index contributed by atoms with van der Waals surface area (Å²) in [7, 11) is 0. The van der Waals surface area contributed by atoms with Gasteiger partial charge in [0.1, 0.15) is 11.9 Å². The van der Waals surface area contributed by atoms with Gasteiger partial charge in [-0.05, 0) is 44.5 Å². The molecule has 0 bridgehead atoms. The van der Waals surface area contributed by atoms with Gasteiger partial charge in [-0.3, -0.25) is 9.69 Å². The van der Waals surface area contributed by atoms with Crippen LogP contribution in [0.5, 0.6) is 0 Å². The molecule has 0 spiro atoms. The number of amides is 1. The van der Waals surface area contributed by atoms with Crippen molar-refractivity contribution >= 4 is 17.8 Å². The fourth-order valence-corrected chi connectivity index (χ4v) is 4.26. The predicted molar refractivity (Wildman–Crippen MR) is 117 cm³/mol. The Bertz CT molecular complexity index is 880. The lowest BCUT2D eigenvalue weighted by molar-refractivity contribution is -0.193. The van der Waals surface area contributed by atoms with Gasteiger partial charge in [0.15, 0.2) is 0 Å². The molecule has 0 aromatic carbocycles. The van der Waals surface area contributed by atoms with Gasteiger partial charge in [-0.2, -0.15) is 26.3 Å². The summed E-state index contributed by atoms with van der Waals surface area (Å²) in [5.41, 5.74) is 0. The number of nitrogens with one attached hydrogen (secondary N) is 1. The number of carbonyl (C=O) groups excluding carboxylic acids is 1. The molecule has 16 heteroatoms. The van der Waals surface area contributed by atoms with Crippen LogP contribution in [-0.2, 0) is 25.7 Å². The lowest BCUT2D eigenvalue weighted by Gasteiger charge is -2.21. The molecule has 0 radical (unpaired) electrons. The normalized spacial score (nSPS) is 23.6. The predicted octanol–water partition coefficient (Wildman–Crippen LogP) is 2.49. The molecule has 3 saturated heterocycles. The second-order valence-corrected chi connectivity index (χ2v) is 8.75. The summed E-state index contributed by atoms with van der Waals surface area (Å²) in [6.45, 7) is 5.84. The fourth-order valence-electron chi connectivity index (χ4n) is 4.26. The van der Waals surface area contributed by atoms with Crippen LogP contribution in [0.3, 0.4) is 0 Å². The minimum Gasteiger partial charge on any atom is -0.475 e. The van der Waals surface area contributed by atoms with Crippen LogP contribution >= 0.6 is 0 Å². The van der Waals surface area contributed by atoms with Crippen molar-refractivity contribution in [1.82, 2.24) is 15.1 Å². The van der Waals surface area contributed by atoms with Gasteiger partial charge in [0.05, 0.1) is 18.9 Å². The largest absolute Gasteiger partial charge is 0.490 e. The van der Waals surface area contributed by atoms with E-state index >= 15 is 0 Å². The van der Waals surface area contributed by atoms with Gasteiger partial charge in [-0.1, -0.05) is 0 Å². The number of carboxylic acids is 2. The minimum atomic E-state index is -5.08. The van der Waals surface area contributed by atoms with Gasteiger partial charge < -0.3 is 29.6 Å². The van der Waals surface area contributed by atoms with Gasteiger partial charge in [-0.25, -0.2) is 9.59 Å². The molecule has 1 aromatic rings. The highest BCUT2D eigenvalue weighted by Crippen LogP contribution is 2.34. The van der Waals surface area contributed by atoms with Crippen LogP contribution in [0.1, 0.15) is 31.4 Å². The highest BCUT2D eigenvalue weighted by molar-refractivity contribution is 5.81. The van der Waals surface area contributed by atoms with Crippen molar-refractivity contribution in [3.05, 3.63) is 24.2 Å².